The SMILES string of the molecule is NC(=O)C1(N2CCCCC2)CCN([C@@H]2CC(=O)N(c3cccc(Br)c3)C2=O)CC1. The van der Waals surface area contributed by atoms with E-state index in [4.69, 9.17) is 5.73 Å². The number of amides is 3. The zero-order valence-corrected chi connectivity index (χ0v) is 18.1. The number of halogens is 1. The number of rotatable bonds is 4. The van der Waals surface area contributed by atoms with Crippen molar-refractivity contribution in [1.82, 2.24) is 9.80 Å². The van der Waals surface area contributed by atoms with E-state index in [2.05, 4.69) is 25.7 Å². The normalized spacial score (nSPS) is 26.1. The summed E-state index contributed by atoms with van der Waals surface area (Å²) < 4.78 is 0.824. The molecule has 8 heteroatoms. The standard InChI is InChI=1S/C21H27BrN4O3/c22-15-5-4-6-16(13-15)26-18(27)14-17(19(26)28)24-11-7-21(8-12-24,20(23)29)25-9-2-1-3-10-25/h4-6,13,17H,1-3,7-12,14H2,(H2,23,29)/t17-/m1/s1. The molecule has 1 aromatic carbocycles. The van der Waals surface area contributed by atoms with Crippen LogP contribution >= 0.6 is 15.9 Å². The molecule has 3 heterocycles. The number of primary amides is 1. The molecule has 29 heavy (non-hydrogen) atoms. The van der Waals surface area contributed by atoms with Gasteiger partial charge in [-0.25, -0.2) is 4.90 Å². The van der Waals surface area contributed by atoms with Crippen molar-refractivity contribution in [3.05, 3.63) is 28.7 Å². The summed E-state index contributed by atoms with van der Waals surface area (Å²) in [4.78, 5) is 43.7. The highest BCUT2D eigenvalue weighted by atomic mass is 79.9. The summed E-state index contributed by atoms with van der Waals surface area (Å²) in [5, 5.41) is 0. The fourth-order valence-corrected chi connectivity index (χ4v) is 5.42. The first-order valence-electron chi connectivity index (χ1n) is 10.3. The topological polar surface area (TPSA) is 87.0 Å². The zero-order chi connectivity index (χ0) is 20.6. The Hall–Kier alpha value is -1.77. The quantitative estimate of drug-likeness (QED) is 0.690. The van der Waals surface area contributed by atoms with Crippen molar-refractivity contribution >= 4 is 39.3 Å². The lowest BCUT2D eigenvalue weighted by Crippen LogP contribution is -2.64. The number of carbonyl (C=O) groups excluding carboxylic acids is 3. The Bertz CT molecular complexity index is 816. The third-order valence-corrected chi connectivity index (χ3v) is 7.17. The van der Waals surface area contributed by atoms with E-state index in [9.17, 15) is 14.4 Å². The largest absolute Gasteiger partial charge is 0.368 e. The van der Waals surface area contributed by atoms with Gasteiger partial charge in [0.15, 0.2) is 0 Å². The average molecular weight is 463 g/mol. The highest BCUT2D eigenvalue weighted by molar-refractivity contribution is 9.10. The number of carbonyl (C=O) groups is 3. The Morgan fingerprint density at radius 3 is 2.38 bits per heavy atom. The van der Waals surface area contributed by atoms with Crippen LogP contribution in [0.1, 0.15) is 38.5 Å². The average Bonchev–Trinajstić information content (AvgIpc) is 3.02. The van der Waals surface area contributed by atoms with Crippen molar-refractivity contribution < 1.29 is 14.4 Å². The van der Waals surface area contributed by atoms with Crippen LogP contribution in [-0.2, 0) is 14.4 Å². The molecule has 2 N–H and O–H groups in total. The Balaban J connectivity index is 1.47. The molecule has 3 aliphatic heterocycles. The molecular weight excluding hydrogens is 436 g/mol. The van der Waals surface area contributed by atoms with Gasteiger partial charge in [0.25, 0.3) is 5.91 Å². The van der Waals surface area contributed by atoms with E-state index in [0.717, 1.165) is 30.4 Å². The van der Waals surface area contributed by atoms with Crippen molar-refractivity contribution in [1.29, 1.82) is 0 Å². The first-order chi connectivity index (χ1) is 13.9. The first kappa shape index (κ1) is 20.5. The smallest absolute Gasteiger partial charge is 0.251 e. The predicted octanol–water partition coefficient (Wildman–Crippen LogP) is 1.89. The third-order valence-electron chi connectivity index (χ3n) is 6.68. The Morgan fingerprint density at radius 1 is 1.07 bits per heavy atom. The van der Waals surface area contributed by atoms with Gasteiger partial charge in [0.2, 0.25) is 11.8 Å². The van der Waals surface area contributed by atoms with Gasteiger partial charge in [-0.05, 0) is 57.0 Å². The molecule has 3 amide bonds. The minimum absolute atomic E-state index is 0.179. The number of anilines is 1. The molecular formula is C21H27BrN4O3. The van der Waals surface area contributed by atoms with Crippen LogP contribution < -0.4 is 10.6 Å². The molecule has 7 nitrogen and oxygen atoms in total. The number of nitrogens with two attached hydrogens (primary N) is 1. The number of hydrogen-bond acceptors (Lipinski definition) is 5. The van der Waals surface area contributed by atoms with Gasteiger partial charge in [0.05, 0.1) is 18.2 Å². The van der Waals surface area contributed by atoms with Crippen molar-refractivity contribution in [2.24, 2.45) is 5.73 Å². The molecule has 0 unspecified atom stereocenters. The summed E-state index contributed by atoms with van der Waals surface area (Å²) in [6.45, 7) is 2.99. The fourth-order valence-electron chi connectivity index (χ4n) is 5.03. The third kappa shape index (κ3) is 3.73. The monoisotopic (exact) mass is 462 g/mol. The van der Waals surface area contributed by atoms with Crippen LogP contribution in [0.3, 0.4) is 0 Å². The van der Waals surface area contributed by atoms with Gasteiger partial charge in [0, 0.05) is 17.6 Å². The molecule has 3 aliphatic rings. The maximum absolute atomic E-state index is 13.1. The van der Waals surface area contributed by atoms with E-state index in [0.29, 0.717) is 31.6 Å². The second-order valence-electron chi connectivity index (χ2n) is 8.25. The number of likely N-dealkylation sites (tertiary alicyclic amines) is 2. The zero-order valence-electron chi connectivity index (χ0n) is 16.5. The van der Waals surface area contributed by atoms with Gasteiger partial charge in [-0.2, -0.15) is 0 Å². The van der Waals surface area contributed by atoms with Crippen LogP contribution in [0, 0.1) is 0 Å². The fraction of sp³-hybridized carbons (Fsp3) is 0.571. The molecule has 0 saturated carbocycles. The number of hydrogen-bond donors (Lipinski definition) is 1. The van der Waals surface area contributed by atoms with E-state index >= 15 is 0 Å². The predicted molar refractivity (Wildman–Crippen MR) is 113 cm³/mol. The van der Waals surface area contributed by atoms with Crippen molar-refractivity contribution in [3.8, 4) is 0 Å². The number of imide groups is 1. The molecule has 0 aliphatic carbocycles. The van der Waals surface area contributed by atoms with Crippen molar-refractivity contribution in [3.63, 3.8) is 0 Å². The van der Waals surface area contributed by atoms with E-state index in [1.807, 2.05) is 12.1 Å². The van der Waals surface area contributed by atoms with E-state index < -0.39 is 11.6 Å². The van der Waals surface area contributed by atoms with Crippen LogP contribution in [0.2, 0.25) is 0 Å². The molecule has 0 radical (unpaired) electrons. The number of piperidine rings is 2. The lowest BCUT2D eigenvalue weighted by atomic mass is 9.83. The van der Waals surface area contributed by atoms with Crippen LogP contribution in [0.5, 0.6) is 0 Å². The minimum atomic E-state index is -0.618. The number of nitrogens with zero attached hydrogens (tertiary/aromatic N) is 3. The second-order valence-corrected chi connectivity index (χ2v) is 9.16. The number of benzene rings is 1. The van der Waals surface area contributed by atoms with E-state index in [-0.39, 0.29) is 24.1 Å². The van der Waals surface area contributed by atoms with Crippen molar-refractivity contribution in [2.75, 3.05) is 31.1 Å². The maximum Gasteiger partial charge on any atom is 0.251 e. The van der Waals surface area contributed by atoms with Crippen LogP contribution in [0.15, 0.2) is 28.7 Å². The molecule has 1 atom stereocenters. The molecule has 0 aromatic heterocycles. The molecule has 156 valence electrons. The summed E-state index contributed by atoms with van der Waals surface area (Å²) in [7, 11) is 0. The van der Waals surface area contributed by atoms with E-state index in [1.54, 1.807) is 12.1 Å². The van der Waals surface area contributed by atoms with Gasteiger partial charge in [-0.1, -0.05) is 28.4 Å². The van der Waals surface area contributed by atoms with Gasteiger partial charge in [0.1, 0.15) is 5.54 Å². The van der Waals surface area contributed by atoms with Gasteiger partial charge < -0.3 is 5.73 Å². The summed E-state index contributed by atoms with van der Waals surface area (Å²) >= 11 is 3.40. The Labute approximate surface area is 179 Å². The van der Waals surface area contributed by atoms with Crippen LogP contribution in [0.25, 0.3) is 0 Å². The van der Waals surface area contributed by atoms with Crippen LogP contribution in [-0.4, -0.2) is 65.3 Å². The van der Waals surface area contributed by atoms with Crippen molar-refractivity contribution in [2.45, 2.75) is 50.1 Å². The summed E-state index contributed by atoms with van der Waals surface area (Å²) in [5.74, 6) is -0.623. The van der Waals surface area contributed by atoms with Gasteiger partial charge in [-0.15, -0.1) is 0 Å². The van der Waals surface area contributed by atoms with E-state index in [1.165, 1.54) is 11.3 Å². The molecule has 0 bridgehead atoms. The Kier molecular flexibility index (Phi) is 5.77. The summed E-state index contributed by atoms with van der Waals surface area (Å²) in [6.07, 6.45) is 4.78. The summed E-state index contributed by atoms with van der Waals surface area (Å²) in [6, 6.07) is 6.76. The molecule has 4 rings (SSSR count). The molecule has 1 aromatic rings. The minimum Gasteiger partial charge on any atom is -0.368 e. The Morgan fingerprint density at radius 2 is 1.76 bits per heavy atom. The first-order valence-corrected chi connectivity index (χ1v) is 11.1. The molecule has 0 spiro atoms. The summed E-state index contributed by atoms with van der Waals surface area (Å²) in [5.41, 5.74) is 5.83. The second kappa shape index (κ2) is 8.16. The van der Waals surface area contributed by atoms with Gasteiger partial charge >= 0.3 is 0 Å². The molecule has 3 fully saturated rings. The molecule has 3 saturated heterocycles. The highest BCUT2D eigenvalue weighted by Crippen LogP contribution is 2.35. The van der Waals surface area contributed by atoms with Gasteiger partial charge in [-0.3, -0.25) is 24.2 Å². The highest BCUT2D eigenvalue weighted by Gasteiger charge is 2.49. The lowest BCUT2D eigenvalue weighted by Gasteiger charge is -2.48. The van der Waals surface area contributed by atoms with Crippen LogP contribution in [0.4, 0.5) is 5.69 Å². The maximum atomic E-state index is 13.1. The lowest BCUT2D eigenvalue weighted by molar-refractivity contribution is -0.136.